The van der Waals surface area contributed by atoms with Gasteiger partial charge in [-0.1, -0.05) is 68.3 Å². The van der Waals surface area contributed by atoms with Crippen molar-refractivity contribution in [3.8, 4) is 17.2 Å². The Hall–Kier alpha value is -4.26. The minimum atomic E-state index is -0.830. The lowest BCUT2D eigenvalue weighted by Crippen LogP contribution is -2.29. The van der Waals surface area contributed by atoms with E-state index in [4.69, 9.17) is 14.2 Å². The second-order valence-electron chi connectivity index (χ2n) is 9.34. The average molecular weight is 530 g/mol. The summed E-state index contributed by atoms with van der Waals surface area (Å²) in [4.78, 5) is 28.3. The molecule has 1 heterocycles. The van der Waals surface area contributed by atoms with Crippen LogP contribution in [0.4, 0.5) is 0 Å². The number of aliphatic hydroxyl groups excluding tert-OH is 1. The van der Waals surface area contributed by atoms with Gasteiger partial charge in [-0.15, -0.1) is 0 Å². The number of likely N-dealkylation sites (tertiary alicyclic amines) is 1. The van der Waals surface area contributed by atoms with Crippen molar-refractivity contribution in [2.24, 2.45) is 0 Å². The number of carbonyl (C=O) groups is 2. The number of aliphatic hydroxyl groups is 1. The first-order valence-electron chi connectivity index (χ1n) is 13.3. The zero-order valence-electron chi connectivity index (χ0n) is 22.7. The van der Waals surface area contributed by atoms with Crippen LogP contribution >= 0.6 is 0 Å². The lowest BCUT2D eigenvalue weighted by molar-refractivity contribution is -0.140. The molecule has 3 aromatic carbocycles. The van der Waals surface area contributed by atoms with Gasteiger partial charge in [0.15, 0.2) is 11.5 Å². The molecule has 1 unspecified atom stereocenters. The summed E-state index contributed by atoms with van der Waals surface area (Å²) in [5.74, 6) is -0.0362. The Balaban J connectivity index is 1.80. The van der Waals surface area contributed by atoms with Crippen LogP contribution in [-0.4, -0.2) is 42.0 Å². The molecule has 1 fully saturated rings. The van der Waals surface area contributed by atoms with Crippen molar-refractivity contribution in [2.45, 2.75) is 45.7 Å². The molecule has 1 saturated heterocycles. The number of carbonyl (C=O) groups excluding carboxylic acids is 2. The third-order valence-corrected chi connectivity index (χ3v) is 6.66. The summed E-state index contributed by atoms with van der Waals surface area (Å²) in [6, 6.07) is 20.9. The van der Waals surface area contributed by atoms with E-state index in [-0.39, 0.29) is 17.9 Å². The number of benzene rings is 3. The summed E-state index contributed by atoms with van der Waals surface area (Å²) < 4.78 is 17.2. The Bertz CT molecular complexity index is 1330. The van der Waals surface area contributed by atoms with Crippen molar-refractivity contribution in [1.82, 2.24) is 4.90 Å². The fourth-order valence-electron chi connectivity index (χ4n) is 4.73. The third-order valence-electron chi connectivity index (χ3n) is 6.66. The van der Waals surface area contributed by atoms with Crippen LogP contribution in [0.2, 0.25) is 0 Å². The fraction of sp³-hybridized carbons (Fsp3) is 0.312. The highest BCUT2D eigenvalue weighted by molar-refractivity contribution is 6.46. The highest BCUT2D eigenvalue weighted by Gasteiger charge is 2.46. The monoisotopic (exact) mass is 529 g/mol. The van der Waals surface area contributed by atoms with Crippen LogP contribution in [0, 0.1) is 0 Å². The average Bonchev–Trinajstić information content (AvgIpc) is 3.20. The lowest BCUT2D eigenvalue weighted by Gasteiger charge is -2.26. The summed E-state index contributed by atoms with van der Waals surface area (Å²) in [6.07, 6.45) is 3.09. The number of hydrogen-bond donors (Lipinski definition) is 1. The van der Waals surface area contributed by atoms with Gasteiger partial charge in [0.25, 0.3) is 11.7 Å². The Kier molecular flexibility index (Phi) is 9.26. The molecule has 1 N–H and O–H groups in total. The Morgan fingerprint density at radius 3 is 2.41 bits per heavy atom. The molecule has 7 nitrogen and oxygen atoms in total. The van der Waals surface area contributed by atoms with E-state index in [0.717, 1.165) is 24.8 Å². The molecule has 0 aliphatic carbocycles. The first kappa shape index (κ1) is 27.8. The second kappa shape index (κ2) is 13.0. The maximum atomic E-state index is 13.4. The predicted molar refractivity (Wildman–Crippen MR) is 150 cm³/mol. The molecule has 7 heteroatoms. The van der Waals surface area contributed by atoms with E-state index < -0.39 is 17.7 Å². The van der Waals surface area contributed by atoms with E-state index in [1.54, 1.807) is 43.5 Å². The molecule has 3 aromatic rings. The molecule has 4 rings (SSSR count). The SMILES string of the molecule is CCCCCOc1ccc(C2C(=C(O)c3cccc(OCC)c3)C(=O)C(=O)N2Cc2ccccc2)cc1OC. The standard InChI is InChI=1S/C32H35NO6/c1-4-6-10-18-39-26-17-16-23(20-27(26)37-3)29-28(30(34)24-14-11-15-25(19-24)38-5-2)31(35)32(36)33(29)21-22-12-8-7-9-13-22/h7-9,11-17,19-20,29,34H,4-6,10,18,21H2,1-3H3. The van der Waals surface area contributed by atoms with Gasteiger partial charge in [0.1, 0.15) is 11.5 Å². The Morgan fingerprint density at radius 2 is 1.69 bits per heavy atom. The van der Waals surface area contributed by atoms with Crippen molar-refractivity contribution in [1.29, 1.82) is 0 Å². The molecular weight excluding hydrogens is 494 g/mol. The summed E-state index contributed by atoms with van der Waals surface area (Å²) in [5.41, 5.74) is 1.91. The molecule has 0 radical (unpaired) electrons. The molecule has 1 amide bonds. The first-order valence-corrected chi connectivity index (χ1v) is 13.3. The van der Waals surface area contributed by atoms with Gasteiger partial charge in [-0.2, -0.15) is 0 Å². The smallest absolute Gasteiger partial charge is 0.295 e. The zero-order valence-corrected chi connectivity index (χ0v) is 22.7. The van der Waals surface area contributed by atoms with Gasteiger partial charge in [-0.25, -0.2) is 0 Å². The molecule has 204 valence electrons. The quantitative estimate of drug-likeness (QED) is 0.129. The van der Waals surface area contributed by atoms with Crippen molar-refractivity contribution < 1.29 is 28.9 Å². The van der Waals surface area contributed by atoms with Gasteiger partial charge >= 0.3 is 0 Å². The maximum Gasteiger partial charge on any atom is 0.295 e. The highest BCUT2D eigenvalue weighted by Crippen LogP contribution is 2.43. The number of Topliss-reactive ketones (excluding diaryl/α,β-unsaturated/α-hetero) is 1. The van der Waals surface area contributed by atoms with Crippen LogP contribution in [0.25, 0.3) is 5.76 Å². The van der Waals surface area contributed by atoms with E-state index >= 15 is 0 Å². The molecule has 1 aliphatic rings. The normalized spacial score (nSPS) is 16.4. The molecule has 0 aromatic heterocycles. The Labute approximate surface area is 229 Å². The van der Waals surface area contributed by atoms with Crippen molar-refractivity contribution >= 4 is 17.4 Å². The summed E-state index contributed by atoms with van der Waals surface area (Å²) >= 11 is 0. The van der Waals surface area contributed by atoms with Gasteiger partial charge in [-0.3, -0.25) is 9.59 Å². The molecule has 1 atom stereocenters. The van der Waals surface area contributed by atoms with Crippen molar-refractivity contribution in [2.75, 3.05) is 20.3 Å². The van der Waals surface area contributed by atoms with E-state index in [0.29, 0.717) is 41.6 Å². The van der Waals surface area contributed by atoms with Crippen molar-refractivity contribution in [3.05, 3.63) is 95.1 Å². The summed E-state index contributed by atoms with van der Waals surface area (Å²) in [5, 5.41) is 11.4. The molecular formula is C32H35NO6. The summed E-state index contributed by atoms with van der Waals surface area (Å²) in [6.45, 7) is 5.22. The van der Waals surface area contributed by atoms with E-state index in [1.807, 2.05) is 43.3 Å². The summed E-state index contributed by atoms with van der Waals surface area (Å²) in [7, 11) is 1.55. The van der Waals surface area contributed by atoms with E-state index in [9.17, 15) is 14.7 Å². The largest absolute Gasteiger partial charge is 0.507 e. The van der Waals surface area contributed by atoms with Crippen LogP contribution in [0.3, 0.4) is 0 Å². The fourth-order valence-corrected chi connectivity index (χ4v) is 4.73. The maximum absolute atomic E-state index is 13.4. The molecule has 1 aliphatic heterocycles. The number of unbranched alkanes of at least 4 members (excludes halogenated alkanes) is 2. The minimum absolute atomic E-state index is 0.0169. The van der Waals surface area contributed by atoms with E-state index in [1.165, 1.54) is 4.90 Å². The highest BCUT2D eigenvalue weighted by atomic mass is 16.5. The molecule has 0 spiro atoms. The zero-order chi connectivity index (χ0) is 27.8. The first-order chi connectivity index (χ1) is 19.0. The number of nitrogens with zero attached hydrogens (tertiary/aromatic N) is 1. The van der Waals surface area contributed by atoms with Gasteiger partial charge in [0.2, 0.25) is 0 Å². The van der Waals surface area contributed by atoms with Crippen LogP contribution in [0.15, 0.2) is 78.4 Å². The number of amides is 1. The number of methoxy groups -OCH3 is 1. The molecule has 0 saturated carbocycles. The number of ether oxygens (including phenoxy) is 3. The van der Waals surface area contributed by atoms with Crippen LogP contribution in [0.5, 0.6) is 17.2 Å². The van der Waals surface area contributed by atoms with Crippen LogP contribution in [-0.2, 0) is 16.1 Å². The van der Waals surface area contributed by atoms with Crippen molar-refractivity contribution in [3.63, 3.8) is 0 Å². The van der Waals surface area contributed by atoms with Gasteiger partial charge in [0, 0.05) is 12.1 Å². The Morgan fingerprint density at radius 1 is 0.897 bits per heavy atom. The molecule has 39 heavy (non-hydrogen) atoms. The lowest BCUT2D eigenvalue weighted by atomic mass is 9.94. The van der Waals surface area contributed by atoms with Gasteiger partial charge in [-0.05, 0) is 48.7 Å². The minimum Gasteiger partial charge on any atom is -0.507 e. The van der Waals surface area contributed by atoms with E-state index in [2.05, 4.69) is 6.92 Å². The molecule has 0 bridgehead atoms. The predicted octanol–water partition coefficient (Wildman–Crippen LogP) is 6.28. The number of rotatable bonds is 12. The topological polar surface area (TPSA) is 85.3 Å². The van der Waals surface area contributed by atoms with Gasteiger partial charge < -0.3 is 24.2 Å². The number of ketones is 1. The number of hydrogen-bond acceptors (Lipinski definition) is 6. The van der Waals surface area contributed by atoms with Gasteiger partial charge in [0.05, 0.1) is 31.9 Å². The van der Waals surface area contributed by atoms with Crippen LogP contribution in [0.1, 0.15) is 55.8 Å². The second-order valence-corrected chi connectivity index (χ2v) is 9.34. The third kappa shape index (κ3) is 6.25. The van der Waals surface area contributed by atoms with Crippen LogP contribution < -0.4 is 14.2 Å².